The largest absolute Gasteiger partial charge is 0.417 e. The molecule has 0 aromatic heterocycles. The van der Waals surface area contributed by atoms with Gasteiger partial charge in [0.05, 0.1) is 16.3 Å². The fourth-order valence-corrected chi connectivity index (χ4v) is 4.62. The van der Waals surface area contributed by atoms with Crippen LogP contribution in [0, 0.1) is 0 Å². The van der Waals surface area contributed by atoms with E-state index in [-0.39, 0.29) is 17.3 Å². The highest BCUT2D eigenvalue weighted by atomic mass is 35.5. The van der Waals surface area contributed by atoms with Gasteiger partial charge in [0.25, 0.3) is 0 Å². The minimum absolute atomic E-state index is 0.0162. The molecule has 1 aliphatic rings. The maximum Gasteiger partial charge on any atom is 0.417 e. The number of hydrogen-bond acceptors (Lipinski definition) is 4. The number of carbonyl (C=O) groups excluding carboxylic acids is 2. The number of nitrogens with one attached hydrogen (secondary N) is 1. The van der Waals surface area contributed by atoms with Crippen LogP contribution < -0.4 is 5.32 Å². The van der Waals surface area contributed by atoms with Crippen molar-refractivity contribution in [3.05, 3.63) is 57.0 Å². The normalized spacial score (nSPS) is 18.0. The third-order valence-corrected chi connectivity index (χ3v) is 6.13. The lowest BCUT2D eigenvalue weighted by Crippen LogP contribution is -2.30. The molecular formula is C19H13Cl3F3N3O2S. The molecule has 0 bridgehead atoms. The van der Waals surface area contributed by atoms with Gasteiger partial charge in [0.15, 0.2) is 5.17 Å². The van der Waals surface area contributed by atoms with Crippen molar-refractivity contribution in [2.45, 2.75) is 17.8 Å². The second-order valence-electron chi connectivity index (χ2n) is 6.47. The topological polar surface area (TPSA) is 61.8 Å². The lowest BCUT2D eigenvalue weighted by atomic mass is 10.2. The first kappa shape index (κ1) is 23.7. The molecule has 12 heteroatoms. The highest BCUT2D eigenvalue weighted by Crippen LogP contribution is 2.38. The van der Waals surface area contributed by atoms with E-state index in [1.165, 1.54) is 36.2 Å². The number of carbonyl (C=O) groups is 2. The Balaban J connectivity index is 1.74. The first-order valence-corrected chi connectivity index (χ1v) is 10.6. The molecule has 0 spiro atoms. The molecule has 5 nitrogen and oxygen atoms in total. The van der Waals surface area contributed by atoms with Crippen LogP contribution in [0.5, 0.6) is 0 Å². The molecule has 2 amide bonds. The van der Waals surface area contributed by atoms with Crippen LogP contribution in [-0.2, 0) is 15.8 Å². The second kappa shape index (κ2) is 9.28. The summed E-state index contributed by atoms with van der Waals surface area (Å²) in [5.41, 5.74) is -0.664. The molecule has 1 saturated heterocycles. The lowest BCUT2D eigenvalue weighted by Gasteiger charge is -2.11. The number of alkyl halides is 3. The molecular weight excluding hydrogens is 498 g/mol. The van der Waals surface area contributed by atoms with E-state index < -0.39 is 33.8 Å². The van der Waals surface area contributed by atoms with E-state index in [4.69, 9.17) is 34.8 Å². The highest BCUT2D eigenvalue weighted by molar-refractivity contribution is 8.15. The zero-order valence-corrected chi connectivity index (χ0v) is 18.7. The lowest BCUT2D eigenvalue weighted by molar-refractivity contribution is -0.137. The first-order valence-electron chi connectivity index (χ1n) is 8.59. The second-order valence-corrected chi connectivity index (χ2v) is 8.92. The smallest absolute Gasteiger partial charge is 0.326 e. The monoisotopic (exact) mass is 509 g/mol. The Morgan fingerprint density at radius 2 is 1.81 bits per heavy atom. The maximum absolute atomic E-state index is 13.1. The minimum atomic E-state index is -4.64. The van der Waals surface area contributed by atoms with Crippen LogP contribution in [0.4, 0.5) is 24.5 Å². The van der Waals surface area contributed by atoms with E-state index >= 15 is 0 Å². The third kappa shape index (κ3) is 5.85. The Hall–Kier alpha value is -1.94. The summed E-state index contributed by atoms with van der Waals surface area (Å²) >= 11 is 18.4. The Bertz CT molecular complexity index is 1060. The summed E-state index contributed by atoms with van der Waals surface area (Å²) in [6.07, 6.45) is -4.81. The number of amidine groups is 1. The van der Waals surface area contributed by atoms with Gasteiger partial charge in [0.2, 0.25) is 11.8 Å². The van der Waals surface area contributed by atoms with E-state index in [9.17, 15) is 22.8 Å². The van der Waals surface area contributed by atoms with Crippen LogP contribution in [0.3, 0.4) is 0 Å². The number of rotatable bonds is 4. The summed E-state index contributed by atoms with van der Waals surface area (Å²) in [5.74, 6) is -0.849. The van der Waals surface area contributed by atoms with Crippen molar-refractivity contribution in [3.8, 4) is 0 Å². The van der Waals surface area contributed by atoms with Crippen molar-refractivity contribution in [2.24, 2.45) is 4.99 Å². The SMILES string of the molecule is CN1C(=O)[C@@H](CC(=O)Nc2cc(Cl)cc(Cl)c2)SC1=Nc1ccc(Cl)c(C(F)(F)F)c1. The predicted octanol–water partition coefficient (Wildman–Crippen LogP) is 6.26. The van der Waals surface area contributed by atoms with Gasteiger partial charge in [0, 0.05) is 29.2 Å². The molecule has 2 aromatic carbocycles. The molecule has 2 aromatic rings. The Morgan fingerprint density at radius 1 is 1.16 bits per heavy atom. The summed E-state index contributed by atoms with van der Waals surface area (Å²) in [5, 5.41) is 2.22. The van der Waals surface area contributed by atoms with Gasteiger partial charge in [-0.25, -0.2) is 4.99 Å². The standard InChI is InChI=1S/C19H13Cl3F3N3O2S/c1-28-17(30)15(8-16(29)26-12-5-9(20)4-10(21)6-12)31-18(28)27-11-2-3-14(22)13(7-11)19(23,24)25/h2-7,15H,8H2,1H3,(H,26,29)/t15-/m1/s1. The highest BCUT2D eigenvalue weighted by Gasteiger charge is 2.37. The van der Waals surface area contributed by atoms with Gasteiger partial charge in [-0.1, -0.05) is 46.6 Å². The van der Waals surface area contributed by atoms with Crippen LogP contribution in [0.1, 0.15) is 12.0 Å². The molecule has 0 aliphatic carbocycles. The Labute approximate surface area is 194 Å². The molecule has 1 fully saturated rings. The number of nitrogens with zero attached hydrogens (tertiary/aromatic N) is 2. The Kier molecular flexibility index (Phi) is 7.10. The van der Waals surface area contributed by atoms with Gasteiger partial charge >= 0.3 is 6.18 Å². The number of halogens is 6. The van der Waals surface area contributed by atoms with Crippen LogP contribution in [-0.4, -0.2) is 34.2 Å². The molecule has 0 radical (unpaired) electrons. The van der Waals surface area contributed by atoms with Gasteiger partial charge in [-0.15, -0.1) is 0 Å². The van der Waals surface area contributed by atoms with Crippen molar-refractivity contribution in [1.82, 2.24) is 4.90 Å². The van der Waals surface area contributed by atoms with Crippen molar-refractivity contribution in [3.63, 3.8) is 0 Å². The minimum Gasteiger partial charge on any atom is -0.326 e. The van der Waals surface area contributed by atoms with Crippen LogP contribution in [0.25, 0.3) is 0 Å². The summed E-state index contributed by atoms with van der Waals surface area (Å²) in [6, 6.07) is 7.73. The third-order valence-electron chi connectivity index (χ3n) is 4.14. The van der Waals surface area contributed by atoms with Gasteiger partial charge in [0.1, 0.15) is 5.25 Å². The number of hydrogen-bond donors (Lipinski definition) is 1. The van der Waals surface area contributed by atoms with Gasteiger partial charge < -0.3 is 5.32 Å². The van der Waals surface area contributed by atoms with Gasteiger partial charge in [-0.05, 0) is 36.4 Å². The zero-order chi connectivity index (χ0) is 22.9. The van der Waals surface area contributed by atoms with E-state index in [1.54, 1.807) is 0 Å². The summed E-state index contributed by atoms with van der Waals surface area (Å²) in [7, 11) is 1.43. The molecule has 1 aliphatic heterocycles. The first-order chi connectivity index (χ1) is 14.4. The van der Waals surface area contributed by atoms with E-state index in [1.807, 2.05) is 0 Å². The summed E-state index contributed by atoms with van der Waals surface area (Å²) < 4.78 is 39.2. The van der Waals surface area contributed by atoms with Crippen LogP contribution >= 0.6 is 46.6 Å². The molecule has 1 heterocycles. The molecule has 1 N–H and O–H groups in total. The molecule has 31 heavy (non-hydrogen) atoms. The van der Waals surface area contributed by atoms with Crippen LogP contribution in [0.15, 0.2) is 41.4 Å². The number of benzene rings is 2. The van der Waals surface area contributed by atoms with Crippen molar-refractivity contribution in [2.75, 3.05) is 12.4 Å². The fourth-order valence-electron chi connectivity index (χ4n) is 2.71. The van der Waals surface area contributed by atoms with Gasteiger partial charge in [-0.3, -0.25) is 14.5 Å². The number of aliphatic imine (C=N–C) groups is 1. The number of anilines is 1. The predicted molar refractivity (Wildman–Crippen MR) is 117 cm³/mol. The van der Waals surface area contributed by atoms with Crippen molar-refractivity contribution >= 4 is 74.9 Å². The quantitative estimate of drug-likeness (QED) is 0.528. The maximum atomic E-state index is 13.1. The summed E-state index contributed by atoms with van der Waals surface area (Å²) in [6.45, 7) is 0. The van der Waals surface area contributed by atoms with Crippen molar-refractivity contribution in [1.29, 1.82) is 0 Å². The van der Waals surface area contributed by atoms with Crippen molar-refractivity contribution < 1.29 is 22.8 Å². The number of amides is 2. The number of thioether (sulfide) groups is 1. The van der Waals surface area contributed by atoms with E-state index in [2.05, 4.69) is 10.3 Å². The molecule has 1 atom stereocenters. The van der Waals surface area contributed by atoms with E-state index in [0.717, 1.165) is 23.9 Å². The summed E-state index contributed by atoms with van der Waals surface area (Å²) in [4.78, 5) is 30.1. The van der Waals surface area contributed by atoms with Gasteiger partial charge in [-0.2, -0.15) is 13.2 Å². The molecule has 0 unspecified atom stereocenters. The molecule has 0 saturated carbocycles. The fraction of sp³-hybridized carbons (Fsp3) is 0.211. The average molecular weight is 511 g/mol. The zero-order valence-electron chi connectivity index (χ0n) is 15.6. The van der Waals surface area contributed by atoms with E-state index in [0.29, 0.717) is 15.7 Å². The average Bonchev–Trinajstić information content (AvgIpc) is 2.89. The molecule has 3 rings (SSSR count). The van der Waals surface area contributed by atoms with Crippen LogP contribution in [0.2, 0.25) is 15.1 Å². The molecule has 164 valence electrons. The Morgan fingerprint density at radius 3 is 2.42 bits per heavy atom.